The van der Waals surface area contributed by atoms with E-state index in [9.17, 15) is 14.0 Å². The topological polar surface area (TPSA) is 57.6 Å². The number of amides is 3. The Morgan fingerprint density at radius 2 is 1.49 bits per heavy atom. The summed E-state index contributed by atoms with van der Waals surface area (Å²) in [6.45, 7) is 9.75. The van der Waals surface area contributed by atoms with Crippen LogP contribution in [-0.2, 0) is 24.4 Å². The van der Waals surface area contributed by atoms with E-state index in [4.69, 9.17) is 0 Å². The van der Waals surface area contributed by atoms with E-state index in [0.717, 1.165) is 33.6 Å². The van der Waals surface area contributed by atoms with Crippen molar-refractivity contribution in [3.05, 3.63) is 125 Å². The van der Waals surface area contributed by atoms with Gasteiger partial charge in [-0.3, -0.25) is 4.79 Å². The van der Waals surface area contributed by atoms with Gasteiger partial charge in [0.2, 0.25) is 5.91 Å². The second kappa shape index (κ2) is 13.8. The highest BCUT2D eigenvalue weighted by Gasteiger charge is 2.24. The van der Waals surface area contributed by atoms with Crippen LogP contribution in [0.4, 0.5) is 14.9 Å². The largest absolute Gasteiger partial charge is 0.345 e. The molecule has 0 bridgehead atoms. The van der Waals surface area contributed by atoms with Gasteiger partial charge in [0.25, 0.3) is 0 Å². The zero-order valence-electron chi connectivity index (χ0n) is 24.3. The normalized spacial score (nSPS) is 11.0. The SMILES string of the molecule is Cc1cccc(C)c1NC(=O)N(CC(=O)N(Cc1ccccc1)Cc1cccn1Cc1ccc(F)cc1)CC(C)C. The summed E-state index contributed by atoms with van der Waals surface area (Å²) in [5, 5.41) is 3.05. The Bertz CT molecular complexity index is 1430. The van der Waals surface area contributed by atoms with Crippen LogP contribution >= 0.6 is 0 Å². The van der Waals surface area contributed by atoms with Crippen molar-refractivity contribution >= 4 is 17.6 Å². The Kier molecular flexibility index (Phi) is 9.95. The highest BCUT2D eigenvalue weighted by molar-refractivity contribution is 5.93. The van der Waals surface area contributed by atoms with Gasteiger partial charge in [-0.25, -0.2) is 9.18 Å². The first-order valence-electron chi connectivity index (χ1n) is 14.0. The highest BCUT2D eigenvalue weighted by atomic mass is 19.1. The molecule has 0 spiro atoms. The molecule has 6 nitrogen and oxygen atoms in total. The number of urea groups is 1. The van der Waals surface area contributed by atoms with Gasteiger partial charge in [0.05, 0.1) is 6.54 Å². The third-order valence-corrected chi connectivity index (χ3v) is 7.02. The van der Waals surface area contributed by atoms with Crippen LogP contribution in [-0.4, -0.2) is 39.4 Å². The van der Waals surface area contributed by atoms with E-state index in [0.29, 0.717) is 26.2 Å². The second-order valence-electron chi connectivity index (χ2n) is 11.0. The average molecular weight is 555 g/mol. The van der Waals surface area contributed by atoms with Crippen molar-refractivity contribution < 1.29 is 14.0 Å². The molecule has 1 heterocycles. The number of benzene rings is 3. The minimum atomic E-state index is -0.288. The Morgan fingerprint density at radius 1 is 0.805 bits per heavy atom. The molecule has 0 saturated carbocycles. The van der Waals surface area contributed by atoms with Crippen molar-refractivity contribution in [3.8, 4) is 0 Å². The molecular weight excluding hydrogens is 515 g/mol. The molecule has 0 unspecified atom stereocenters. The first-order chi connectivity index (χ1) is 19.7. The maximum Gasteiger partial charge on any atom is 0.322 e. The van der Waals surface area contributed by atoms with Gasteiger partial charge in [-0.1, -0.05) is 74.5 Å². The van der Waals surface area contributed by atoms with Crippen LogP contribution in [0.25, 0.3) is 0 Å². The van der Waals surface area contributed by atoms with Gasteiger partial charge in [-0.15, -0.1) is 0 Å². The van der Waals surface area contributed by atoms with Crippen LogP contribution in [0.2, 0.25) is 0 Å². The maximum absolute atomic E-state index is 13.9. The number of carbonyl (C=O) groups excluding carboxylic acids is 2. The molecule has 4 rings (SSSR count). The Morgan fingerprint density at radius 3 is 2.15 bits per heavy atom. The molecule has 0 aliphatic rings. The lowest BCUT2D eigenvalue weighted by molar-refractivity contribution is -0.133. The van der Waals surface area contributed by atoms with E-state index in [2.05, 4.69) is 9.88 Å². The van der Waals surface area contributed by atoms with Crippen LogP contribution in [0.3, 0.4) is 0 Å². The minimum absolute atomic E-state index is 0.0412. The molecule has 0 atom stereocenters. The van der Waals surface area contributed by atoms with Crippen LogP contribution in [0.1, 0.15) is 41.8 Å². The first-order valence-corrected chi connectivity index (χ1v) is 14.0. The summed E-state index contributed by atoms with van der Waals surface area (Å²) in [4.78, 5) is 30.8. The fourth-order valence-electron chi connectivity index (χ4n) is 4.89. The Balaban J connectivity index is 1.55. The third-order valence-electron chi connectivity index (χ3n) is 7.02. The number of nitrogens with one attached hydrogen (secondary N) is 1. The molecule has 0 aliphatic carbocycles. The summed E-state index contributed by atoms with van der Waals surface area (Å²) in [6, 6.07) is 25.8. The fourth-order valence-corrected chi connectivity index (χ4v) is 4.89. The van der Waals surface area contributed by atoms with Crippen molar-refractivity contribution in [2.75, 3.05) is 18.4 Å². The monoisotopic (exact) mass is 554 g/mol. The number of rotatable bonds is 11. The molecule has 1 aromatic heterocycles. The number of halogens is 1. The van der Waals surface area contributed by atoms with E-state index in [-0.39, 0.29) is 30.2 Å². The standard InChI is InChI=1S/C34H39FN4O2/c1-25(2)20-39(34(41)36-33-26(3)10-8-11-27(33)4)24-32(40)38(22-28-12-6-5-7-13-28)23-31-14-9-19-37(31)21-29-15-17-30(35)18-16-29/h5-19,25H,20-24H2,1-4H3,(H,36,41). The number of hydrogen-bond donors (Lipinski definition) is 1. The van der Waals surface area contributed by atoms with E-state index >= 15 is 0 Å². The molecule has 7 heteroatoms. The van der Waals surface area contributed by atoms with Crippen molar-refractivity contribution in [3.63, 3.8) is 0 Å². The summed E-state index contributed by atoms with van der Waals surface area (Å²) < 4.78 is 15.5. The van der Waals surface area contributed by atoms with Crippen molar-refractivity contribution in [1.29, 1.82) is 0 Å². The molecule has 0 fully saturated rings. The quantitative estimate of drug-likeness (QED) is 0.217. The van der Waals surface area contributed by atoms with Gasteiger partial charge < -0.3 is 19.7 Å². The molecular formula is C34H39FN4O2. The second-order valence-corrected chi connectivity index (χ2v) is 11.0. The van der Waals surface area contributed by atoms with Gasteiger partial charge >= 0.3 is 6.03 Å². The van der Waals surface area contributed by atoms with Gasteiger partial charge in [-0.2, -0.15) is 0 Å². The van der Waals surface area contributed by atoms with Crippen LogP contribution < -0.4 is 5.32 Å². The molecule has 41 heavy (non-hydrogen) atoms. The molecule has 1 N–H and O–H groups in total. The molecule has 0 saturated heterocycles. The number of para-hydroxylation sites is 1. The van der Waals surface area contributed by atoms with Gasteiger partial charge in [-0.05, 0) is 66.3 Å². The minimum Gasteiger partial charge on any atom is -0.345 e. The van der Waals surface area contributed by atoms with E-state index in [1.54, 1.807) is 21.9 Å². The lowest BCUT2D eigenvalue weighted by Crippen LogP contribution is -2.45. The molecule has 3 amide bonds. The summed E-state index contributed by atoms with van der Waals surface area (Å²) in [5.74, 6) is -0.226. The predicted molar refractivity (Wildman–Crippen MR) is 162 cm³/mol. The first kappa shape index (κ1) is 29.6. The number of anilines is 1. The van der Waals surface area contributed by atoms with Gasteiger partial charge in [0, 0.05) is 37.2 Å². The van der Waals surface area contributed by atoms with Gasteiger partial charge in [0.15, 0.2) is 0 Å². The van der Waals surface area contributed by atoms with Crippen LogP contribution in [0, 0.1) is 25.6 Å². The fraction of sp³-hybridized carbons (Fsp3) is 0.294. The Hall–Kier alpha value is -4.39. The molecule has 4 aromatic rings. The lowest BCUT2D eigenvalue weighted by atomic mass is 10.1. The highest BCUT2D eigenvalue weighted by Crippen LogP contribution is 2.21. The summed E-state index contributed by atoms with van der Waals surface area (Å²) >= 11 is 0. The molecule has 214 valence electrons. The predicted octanol–water partition coefficient (Wildman–Crippen LogP) is 7.01. The van der Waals surface area contributed by atoms with E-state index < -0.39 is 0 Å². The molecule has 3 aromatic carbocycles. The summed E-state index contributed by atoms with van der Waals surface area (Å²) in [7, 11) is 0. The summed E-state index contributed by atoms with van der Waals surface area (Å²) in [5.41, 5.74) is 5.65. The van der Waals surface area contributed by atoms with Crippen molar-refractivity contribution in [1.82, 2.24) is 14.4 Å². The lowest BCUT2D eigenvalue weighted by Gasteiger charge is -2.29. The van der Waals surface area contributed by atoms with Crippen LogP contribution in [0.5, 0.6) is 0 Å². The van der Waals surface area contributed by atoms with Crippen LogP contribution in [0.15, 0.2) is 91.1 Å². The zero-order chi connectivity index (χ0) is 29.4. The number of carbonyl (C=O) groups is 2. The molecule has 0 aliphatic heterocycles. The number of aryl methyl sites for hydroxylation is 2. The maximum atomic E-state index is 13.9. The Labute approximate surface area is 242 Å². The third kappa shape index (κ3) is 8.30. The average Bonchev–Trinajstić information content (AvgIpc) is 3.37. The van der Waals surface area contributed by atoms with Crippen molar-refractivity contribution in [2.45, 2.75) is 47.3 Å². The van der Waals surface area contributed by atoms with Crippen molar-refractivity contribution in [2.24, 2.45) is 5.92 Å². The molecule has 0 radical (unpaired) electrons. The number of aromatic nitrogens is 1. The number of nitrogens with zero attached hydrogens (tertiary/aromatic N) is 3. The summed E-state index contributed by atoms with van der Waals surface area (Å²) in [6.07, 6.45) is 1.97. The number of hydrogen-bond acceptors (Lipinski definition) is 2. The van der Waals surface area contributed by atoms with Gasteiger partial charge in [0.1, 0.15) is 12.4 Å². The van der Waals surface area contributed by atoms with E-state index in [1.165, 1.54) is 12.1 Å². The van der Waals surface area contributed by atoms with E-state index in [1.807, 2.05) is 94.6 Å². The zero-order valence-corrected chi connectivity index (χ0v) is 24.3. The smallest absolute Gasteiger partial charge is 0.322 e.